The Kier molecular flexibility index (Phi) is 6.21. The maximum absolute atomic E-state index is 5.83. The van der Waals surface area contributed by atoms with E-state index in [0.29, 0.717) is 30.0 Å². The van der Waals surface area contributed by atoms with Crippen molar-refractivity contribution < 1.29 is 9.26 Å². The lowest BCUT2D eigenvalue weighted by atomic mass is 10.1. The summed E-state index contributed by atoms with van der Waals surface area (Å²) in [5, 5.41) is 4.70. The highest BCUT2D eigenvalue weighted by molar-refractivity contribution is 6.30. The molecule has 0 radical (unpaired) electrons. The van der Waals surface area contributed by atoms with Crippen LogP contribution in [0.25, 0.3) is 0 Å². The van der Waals surface area contributed by atoms with Gasteiger partial charge in [0.25, 0.3) is 0 Å². The van der Waals surface area contributed by atoms with Crippen molar-refractivity contribution in [1.29, 1.82) is 0 Å². The van der Waals surface area contributed by atoms with Gasteiger partial charge in [-0.15, -0.1) is 0 Å². The average molecular weight is 324 g/mol. The quantitative estimate of drug-likeness (QED) is 0.745. The second kappa shape index (κ2) is 8.15. The van der Waals surface area contributed by atoms with Crippen LogP contribution in [-0.2, 0) is 13.0 Å². The van der Waals surface area contributed by atoms with Crippen molar-refractivity contribution in [1.82, 2.24) is 15.0 Å². The number of benzene rings is 1. The summed E-state index contributed by atoms with van der Waals surface area (Å²) >= 11 is 5.83. The van der Waals surface area contributed by atoms with Crippen molar-refractivity contribution in [2.24, 2.45) is 5.92 Å². The Labute approximate surface area is 136 Å². The molecule has 0 bridgehead atoms. The average Bonchev–Trinajstić information content (AvgIpc) is 2.87. The summed E-state index contributed by atoms with van der Waals surface area (Å²) in [5.74, 6) is 2.76. The first-order valence-corrected chi connectivity index (χ1v) is 7.79. The van der Waals surface area contributed by atoms with Crippen LogP contribution in [0.4, 0.5) is 0 Å². The maximum Gasteiger partial charge on any atom is 0.240 e. The van der Waals surface area contributed by atoms with Gasteiger partial charge in [0.05, 0.1) is 6.54 Å². The Morgan fingerprint density at radius 2 is 2.00 bits per heavy atom. The van der Waals surface area contributed by atoms with Crippen molar-refractivity contribution in [3.05, 3.63) is 41.0 Å². The third-order valence-corrected chi connectivity index (χ3v) is 3.31. The van der Waals surface area contributed by atoms with Crippen molar-refractivity contribution in [2.45, 2.75) is 26.8 Å². The molecule has 2 rings (SSSR count). The molecule has 1 aromatic carbocycles. The first-order valence-electron chi connectivity index (χ1n) is 7.41. The third kappa shape index (κ3) is 5.66. The fourth-order valence-corrected chi connectivity index (χ4v) is 2.09. The maximum atomic E-state index is 5.83. The second-order valence-corrected chi connectivity index (χ2v) is 6.18. The highest BCUT2D eigenvalue weighted by atomic mass is 35.5. The Balaban J connectivity index is 1.72. The predicted octanol–water partition coefficient (Wildman–Crippen LogP) is 3.43. The van der Waals surface area contributed by atoms with Crippen molar-refractivity contribution in [2.75, 3.05) is 20.2 Å². The minimum Gasteiger partial charge on any atom is -0.492 e. The Morgan fingerprint density at radius 3 is 2.68 bits per heavy atom. The van der Waals surface area contributed by atoms with Crippen LogP contribution in [0.1, 0.15) is 25.6 Å². The van der Waals surface area contributed by atoms with Gasteiger partial charge in [-0.3, -0.25) is 4.90 Å². The zero-order valence-electron chi connectivity index (χ0n) is 13.3. The number of hydrogen-bond donors (Lipinski definition) is 0. The van der Waals surface area contributed by atoms with Gasteiger partial charge in [-0.2, -0.15) is 4.98 Å². The molecule has 0 atom stereocenters. The van der Waals surface area contributed by atoms with Gasteiger partial charge in [0.2, 0.25) is 5.89 Å². The molecule has 5 nitrogen and oxygen atoms in total. The number of likely N-dealkylation sites (N-methyl/N-ethyl adjacent to an activating group) is 1. The molecule has 22 heavy (non-hydrogen) atoms. The van der Waals surface area contributed by atoms with Crippen molar-refractivity contribution >= 4 is 11.6 Å². The minimum atomic E-state index is 0.524. The van der Waals surface area contributed by atoms with E-state index in [2.05, 4.69) is 28.9 Å². The van der Waals surface area contributed by atoms with Gasteiger partial charge < -0.3 is 9.26 Å². The van der Waals surface area contributed by atoms with E-state index in [1.807, 2.05) is 31.3 Å². The Morgan fingerprint density at radius 1 is 1.27 bits per heavy atom. The molecule has 0 saturated carbocycles. The number of aromatic nitrogens is 2. The summed E-state index contributed by atoms with van der Waals surface area (Å²) in [4.78, 5) is 6.48. The van der Waals surface area contributed by atoms with Gasteiger partial charge in [-0.1, -0.05) is 30.6 Å². The number of hydrogen-bond acceptors (Lipinski definition) is 5. The summed E-state index contributed by atoms with van der Waals surface area (Å²) in [5.41, 5.74) is 0. The van der Waals surface area contributed by atoms with Crippen molar-refractivity contribution in [3.63, 3.8) is 0 Å². The number of ether oxygens (including phenoxy) is 1. The molecular weight excluding hydrogens is 302 g/mol. The predicted molar refractivity (Wildman–Crippen MR) is 86.1 cm³/mol. The molecule has 0 spiro atoms. The molecule has 0 unspecified atom stereocenters. The summed E-state index contributed by atoms with van der Waals surface area (Å²) < 4.78 is 10.9. The number of rotatable bonds is 8. The molecule has 0 aliphatic heterocycles. The van der Waals surface area contributed by atoms with Crippen LogP contribution in [0.15, 0.2) is 28.8 Å². The zero-order chi connectivity index (χ0) is 15.9. The largest absolute Gasteiger partial charge is 0.492 e. The van der Waals surface area contributed by atoms with Gasteiger partial charge in [0.1, 0.15) is 12.4 Å². The molecule has 6 heteroatoms. The van der Waals surface area contributed by atoms with Crippen molar-refractivity contribution in [3.8, 4) is 5.75 Å². The summed E-state index contributed by atoms with van der Waals surface area (Å²) in [6.45, 7) is 6.25. The second-order valence-electron chi connectivity index (χ2n) is 5.74. The van der Waals surface area contributed by atoms with Gasteiger partial charge in [0, 0.05) is 18.0 Å². The van der Waals surface area contributed by atoms with E-state index in [1.54, 1.807) is 0 Å². The lowest BCUT2D eigenvalue weighted by Gasteiger charge is -2.14. The van der Waals surface area contributed by atoms with Gasteiger partial charge >= 0.3 is 0 Å². The highest BCUT2D eigenvalue weighted by Gasteiger charge is 2.10. The topological polar surface area (TPSA) is 51.4 Å². The van der Waals surface area contributed by atoms with Crippen LogP contribution in [0.2, 0.25) is 5.02 Å². The summed E-state index contributed by atoms with van der Waals surface area (Å²) in [7, 11) is 2.00. The van der Waals surface area contributed by atoms with Crippen LogP contribution in [0, 0.1) is 5.92 Å². The van der Waals surface area contributed by atoms with E-state index in [0.717, 1.165) is 24.5 Å². The third-order valence-electron chi connectivity index (χ3n) is 3.06. The van der Waals surface area contributed by atoms with Crippen LogP contribution in [0.5, 0.6) is 5.75 Å². The normalized spacial score (nSPS) is 11.4. The van der Waals surface area contributed by atoms with E-state index in [-0.39, 0.29) is 0 Å². The standard InChI is InChI=1S/C16H22ClN3O2/c1-12(2)10-15-18-16(22-19-15)11-20(3)8-9-21-14-6-4-13(17)5-7-14/h4-7,12H,8-11H2,1-3H3. The zero-order valence-corrected chi connectivity index (χ0v) is 14.0. The van der Waals surface area contributed by atoms with Crippen LogP contribution in [0.3, 0.4) is 0 Å². The molecule has 0 aliphatic carbocycles. The minimum absolute atomic E-state index is 0.524. The first kappa shape index (κ1) is 16.8. The summed E-state index contributed by atoms with van der Waals surface area (Å²) in [6, 6.07) is 7.35. The molecule has 120 valence electrons. The fourth-order valence-electron chi connectivity index (χ4n) is 1.96. The van der Waals surface area contributed by atoms with E-state index in [9.17, 15) is 0 Å². The molecular formula is C16H22ClN3O2. The van der Waals surface area contributed by atoms with Crippen LogP contribution >= 0.6 is 11.6 Å². The lowest BCUT2D eigenvalue weighted by molar-refractivity contribution is 0.212. The number of halogens is 1. The van der Waals surface area contributed by atoms with Crippen LogP contribution in [-0.4, -0.2) is 35.2 Å². The monoisotopic (exact) mass is 323 g/mol. The number of nitrogens with zero attached hydrogens (tertiary/aromatic N) is 3. The highest BCUT2D eigenvalue weighted by Crippen LogP contribution is 2.15. The van der Waals surface area contributed by atoms with Gasteiger partial charge in [0.15, 0.2) is 5.82 Å². The van der Waals surface area contributed by atoms with Gasteiger partial charge in [-0.25, -0.2) is 0 Å². The molecule has 0 saturated heterocycles. The molecule has 1 aromatic heterocycles. The smallest absolute Gasteiger partial charge is 0.240 e. The summed E-state index contributed by atoms with van der Waals surface area (Å²) in [6.07, 6.45) is 0.840. The Hall–Kier alpha value is -1.59. The molecule has 2 aromatic rings. The molecule has 0 fully saturated rings. The lowest BCUT2D eigenvalue weighted by Crippen LogP contribution is -2.24. The van der Waals surface area contributed by atoms with Gasteiger partial charge in [-0.05, 0) is 37.2 Å². The van der Waals surface area contributed by atoms with E-state index in [4.69, 9.17) is 20.9 Å². The molecule has 0 amide bonds. The molecule has 0 aliphatic rings. The Bertz CT molecular complexity index is 569. The first-order chi connectivity index (χ1) is 10.5. The molecule has 1 heterocycles. The fraction of sp³-hybridized carbons (Fsp3) is 0.500. The SMILES string of the molecule is CC(C)Cc1noc(CN(C)CCOc2ccc(Cl)cc2)n1. The van der Waals surface area contributed by atoms with Crippen LogP contribution < -0.4 is 4.74 Å². The van der Waals surface area contributed by atoms with E-state index >= 15 is 0 Å². The van der Waals surface area contributed by atoms with E-state index < -0.39 is 0 Å². The van der Waals surface area contributed by atoms with E-state index in [1.165, 1.54) is 0 Å². The molecule has 0 N–H and O–H groups in total.